The summed E-state index contributed by atoms with van der Waals surface area (Å²) in [6, 6.07) is 16.2. The van der Waals surface area contributed by atoms with Crippen LogP contribution < -0.4 is 4.74 Å². The van der Waals surface area contributed by atoms with Gasteiger partial charge in [-0.2, -0.15) is 4.98 Å². The fourth-order valence-corrected chi connectivity index (χ4v) is 4.14. The summed E-state index contributed by atoms with van der Waals surface area (Å²) in [6.45, 7) is 5.77. The van der Waals surface area contributed by atoms with Crippen molar-refractivity contribution in [3.05, 3.63) is 65.5 Å². The molecule has 1 unspecified atom stereocenters. The van der Waals surface area contributed by atoms with Gasteiger partial charge in [0.15, 0.2) is 0 Å². The third-order valence-corrected chi connectivity index (χ3v) is 6.19. The third-order valence-electron chi connectivity index (χ3n) is 6.19. The first kappa shape index (κ1) is 22.1. The van der Waals surface area contributed by atoms with Gasteiger partial charge < -0.3 is 14.2 Å². The van der Waals surface area contributed by atoms with E-state index in [9.17, 15) is 4.79 Å². The van der Waals surface area contributed by atoms with Crippen LogP contribution in [0, 0.1) is 0 Å². The number of hydrogen-bond donors (Lipinski definition) is 0. The Morgan fingerprint density at radius 1 is 1.16 bits per heavy atom. The number of benzene rings is 2. The Labute approximate surface area is 189 Å². The number of likely N-dealkylation sites (tertiary alicyclic amines) is 1. The van der Waals surface area contributed by atoms with Gasteiger partial charge in [-0.05, 0) is 48.4 Å². The second-order valence-corrected chi connectivity index (χ2v) is 8.76. The number of amides is 1. The van der Waals surface area contributed by atoms with E-state index in [1.54, 1.807) is 7.11 Å². The van der Waals surface area contributed by atoms with Gasteiger partial charge in [-0.1, -0.05) is 55.4 Å². The highest BCUT2D eigenvalue weighted by atomic mass is 16.5. The number of aryl methyl sites for hydroxylation is 1. The van der Waals surface area contributed by atoms with Crippen LogP contribution in [0.2, 0.25) is 0 Å². The van der Waals surface area contributed by atoms with Crippen LogP contribution in [0.5, 0.6) is 5.75 Å². The lowest BCUT2D eigenvalue weighted by molar-refractivity contribution is -0.132. The molecule has 0 aliphatic carbocycles. The van der Waals surface area contributed by atoms with Gasteiger partial charge in [-0.3, -0.25) is 4.79 Å². The average Bonchev–Trinajstić information content (AvgIpc) is 3.33. The molecule has 4 rings (SSSR count). The molecule has 1 aromatic heterocycles. The number of aromatic nitrogens is 2. The van der Waals surface area contributed by atoms with Crippen LogP contribution in [0.1, 0.15) is 62.0 Å². The summed E-state index contributed by atoms with van der Waals surface area (Å²) >= 11 is 0. The van der Waals surface area contributed by atoms with Crippen LogP contribution in [0.25, 0.3) is 11.4 Å². The minimum atomic E-state index is 0.0878. The van der Waals surface area contributed by atoms with Crippen molar-refractivity contribution < 1.29 is 14.1 Å². The van der Waals surface area contributed by atoms with Crippen molar-refractivity contribution in [1.82, 2.24) is 15.0 Å². The fraction of sp³-hybridized carbons (Fsp3) is 0.423. The van der Waals surface area contributed by atoms with Crippen molar-refractivity contribution in [1.29, 1.82) is 0 Å². The maximum Gasteiger partial charge on any atom is 0.231 e. The zero-order chi connectivity index (χ0) is 22.5. The summed E-state index contributed by atoms with van der Waals surface area (Å²) in [7, 11) is 1.65. The molecule has 0 bridgehead atoms. The van der Waals surface area contributed by atoms with Crippen molar-refractivity contribution in [2.45, 2.75) is 51.4 Å². The minimum Gasteiger partial charge on any atom is -0.497 e. The number of rotatable bonds is 7. The molecule has 1 amide bonds. The summed E-state index contributed by atoms with van der Waals surface area (Å²) in [5.74, 6) is 2.81. The highest BCUT2D eigenvalue weighted by Crippen LogP contribution is 2.28. The molecule has 0 spiro atoms. The zero-order valence-electron chi connectivity index (χ0n) is 19.1. The minimum absolute atomic E-state index is 0.0878. The first-order valence-electron chi connectivity index (χ1n) is 11.4. The molecule has 0 radical (unpaired) electrons. The van der Waals surface area contributed by atoms with Gasteiger partial charge in [-0.15, -0.1) is 0 Å². The second-order valence-electron chi connectivity index (χ2n) is 8.76. The fourth-order valence-electron chi connectivity index (χ4n) is 4.14. The van der Waals surface area contributed by atoms with Gasteiger partial charge in [0.25, 0.3) is 0 Å². The Balaban J connectivity index is 1.35. The Morgan fingerprint density at radius 3 is 2.59 bits per heavy atom. The van der Waals surface area contributed by atoms with Gasteiger partial charge >= 0.3 is 0 Å². The quantitative estimate of drug-likeness (QED) is 0.512. The number of ether oxygens (including phenoxy) is 1. The molecule has 32 heavy (non-hydrogen) atoms. The van der Waals surface area contributed by atoms with Crippen LogP contribution >= 0.6 is 0 Å². The van der Waals surface area contributed by atoms with Gasteiger partial charge in [0, 0.05) is 25.1 Å². The maximum atomic E-state index is 12.8. The molecule has 168 valence electrons. The standard InChI is InChI=1S/C26H31N3O3/c1-18(2)20-9-11-21(12-10-20)25-27-26(32-28-25)22-5-4-16-29(17-22)24(30)15-8-19-6-13-23(31-3)14-7-19/h6-7,9-14,18,22H,4-5,8,15-17H2,1-3H3. The van der Waals surface area contributed by atoms with E-state index in [2.05, 4.69) is 36.1 Å². The molecule has 1 atom stereocenters. The Kier molecular flexibility index (Phi) is 6.88. The van der Waals surface area contributed by atoms with Gasteiger partial charge in [0.2, 0.25) is 17.6 Å². The van der Waals surface area contributed by atoms with E-state index < -0.39 is 0 Å². The summed E-state index contributed by atoms with van der Waals surface area (Å²) in [5, 5.41) is 4.20. The first-order valence-corrected chi connectivity index (χ1v) is 11.4. The molecule has 1 fully saturated rings. The Bertz CT molecular complexity index is 1030. The van der Waals surface area contributed by atoms with E-state index in [0.717, 1.165) is 42.7 Å². The van der Waals surface area contributed by atoms with Crippen molar-refractivity contribution in [3.63, 3.8) is 0 Å². The summed E-state index contributed by atoms with van der Waals surface area (Å²) in [4.78, 5) is 19.4. The Morgan fingerprint density at radius 2 is 1.91 bits per heavy atom. The summed E-state index contributed by atoms with van der Waals surface area (Å²) in [5.41, 5.74) is 3.37. The number of nitrogens with zero attached hydrogens (tertiary/aromatic N) is 3. The number of methoxy groups -OCH3 is 1. The van der Waals surface area contributed by atoms with E-state index in [4.69, 9.17) is 9.26 Å². The van der Waals surface area contributed by atoms with Gasteiger partial charge in [0.05, 0.1) is 13.0 Å². The van der Waals surface area contributed by atoms with E-state index >= 15 is 0 Å². The van der Waals surface area contributed by atoms with Crippen molar-refractivity contribution >= 4 is 5.91 Å². The Hall–Kier alpha value is -3.15. The molecule has 1 aliphatic rings. The SMILES string of the molecule is COc1ccc(CCC(=O)N2CCCC(c3nc(-c4ccc(C(C)C)cc4)no3)C2)cc1. The average molecular weight is 434 g/mol. The number of piperidine rings is 1. The maximum absolute atomic E-state index is 12.8. The normalized spacial score (nSPS) is 16.4. The summed E-state index contributed by atoms with van der Waals surface area (Å²) < 4.78 is 10.8. The van der Waals surface area contributed by atoms with Crippen molar-refractivity contribution in [2.24, 2.45) is 0 Å². The zero-order valence-corrected chi connectivity index (χ0v) is 19.1. The topological polar surface area (TPSA) is 68.5 Å². The van der Waals surface area contributed by atoms with Crippen LogP contribution in [0.15, 0.2) is 53.1 Å². The smallest absolute Gasteiger partial charge is 0.231 e. The van der Waals surface area contributed by atoms with Crippen LogP contribution in [0.3, 0.4) is 0 Å². The third kappa shape index (κ3) is 5.18. The highest BCUT2D eigenvalue weighted by Gasteiger charge is 2.28. The molecule has 1 aliphatic heterocycles. The molecular formula is C26H31N3O3. The van der Waals surface area contributed by atoms with E-state index in [0.29, 0.717) is 30.6 Å². The van der Waals surface area contributed by atoms with Crippen molar-refractivity contribution in [3.8, 4) is 17.1 Å². The van der Waals surface area contributed by atoms with Crippen LogP contribution in [-0.4, -0.2) is 41.1 Å². The molecule has 3 aromatic rings. The predicted octanol–water partition coefficient (Wildman–Crippen LogP) is 5.21. The molecular weight excluding hydrogens is 402 g/mol. The lowest BCUT2D eigenvalue weighted by Crippen LogP contribution is -2.39. The molecule has 1 saturated heterocycles. The number of hydrogen-bond acceptors (Lipinski definition) is 5. The first-order chi connectivity index (χ1) is 15.5. The molecule has 6 nitrogen and oxygen atoms in total. The van der Waals surface area contributed by atoms with Gasteiger partial charge in [-0.25, -0.2) is 0 Å². The van der Waals surface area contributed by atoms with Gasteiger partial charge in [0.1, 0.15) is 5.75 Å². The summed E-state index contributed by atoms with van der Waals surface area (Å²) in [6.07, 6.45) is 3.12. The van der Waals surface area contributed by atoms with Crippen molar-refractivity contribution in [2.75, 3.05) is 20.2 Å². The monoisotopic (exact) mass is 433 g/mol. The second kappa shape index (κ2) is 9.98. The largest absolute Gasteiger partial charge is 0.497 e. The molecule has 2 heterocycles. The van der Waals surface area contributed by atoms with Crippen LogP contribution in [0.4, 0.5) is 0 Å². The number of carbonyl (C=O) groups excluding carboxylic acids is 1. The van der Waals surface area contributed by atoms with Crippen LogP contribution in [-0.2, 0) is 11.2 Å². The molecule has 2 aromatic carbocycles. The number of carbonyl (C=O) groups is 1. The van der Waals surface area contributed by atoms with E-state index in [-0.39, 0.29) is 11.8 Å². The van der Waals surface area contributed by atoms with E-state index in [1.165, 1.54) is 5.56 Å². The highest BCUT2D eigenvalue weighted by molar-refractivity contribution is 5.76. The lowest BCUT2D eigenvalue weighted by Gasteiger charge is -2.31. The molecule has 0 N–H and O–H groups in total. The lowest BCUT2D eigenvalue weighted by atomic mass is 9.97. The molecule has 0 saturated carbocycles. The van der Waals surface area contributed by atoms with E-state index in [1.807, 2.05) is 41.3 Å². The predicted molar refractivity (Wildman–Crippen MR) is 124 cm³/mol. The molecule has 6 heteroatoms.